The number of nitrogens with zero attached hydrogens (tertiary/aromatic N) is 1. The quantitative estimate of drug-likeness (QED) is 0.683. The van der Waals surface area contributed by atoms with E-state index in [9.17, 15) is 9.59 Å². The lowest BCUT2D eigenvalue weighted by Gasteiger charge is -2.25. The summed E-state index contributed by atoms with van der Waals surface area (Å²) in [6.45, 7) is 2.67. The van der Waals surface area contributed by atoms with Crippen LogP contribution in [0.25, 0.3) is 0 Å². The van der Waals surface area contributed by atoms with E-state index in [1.807, 2.05) is 0 Å². The lowest BCUT2D eigenvalue weighted by molar-refractivity contribution is -0.134. The van der Waals surface area contributed by atoms with Gasteiger partial charge in [0.05, 0.1) is 12.1 Å². The van der Waals surface area contributed by atoms with Gasteiger partial charge < -0.3 is 10.0 Å². The average molecular weight is 183 g/mol. The molecule has 0 aliphatic carbocycles. The van der Waals surface area contributed by atoms with Gasteiger partial charge in [-0.2, -0.15) is 0 Å². The number of carbonyl (C=O) groups excluding carboxylic acids is 1. The molecule has 0 saturated heterocycles. The largest absolute Gasteiger partial charge is 0.478 e. The second-order valence-corrected chi connectivity index (χ2v) is 2.99. The lowest BCUT2D eigenvalue weighted by Crippen LogP contribution is -2.36. The van der Waals surface area contributed by atoms with Gasteiger partial charge in [0, 0.05) is 13.0 Å². The minimum Gasteiger partial charge on any atom is -0.478 e. The van der Waals surface area contributed by atoms with Gasteiger partial charge in [0.25, 0.3) is 0 Å². The van der Waals surface area contributed by atoms with Gasteiger partial charge in [-0.25, -0.2) is 4.79 Å². The van der Waals surface area contributed by atoms with Crippen LogP contribution in [-0.2, 0) is 9.59 Å². The lowest BCUT2D eigenvalue weighted by atomic mass is 10.1. The van der Waals surface area contributed by atoms with Crippen molar-refractivity contribution in [3.8, 4) is 0 Å². The van der Waals surface area contributed by atoms with Crippen LogP contribution in [0.5, 0.6) is 0 Å². The summed E-state index contributed by atoms with van der Waals surface area (Å²) in [5.74, 6) is -0.902. The third-order valence-corrected chi connectivity index (χ3v) is 2.08. The minimum atomic E-state index is -0.923. The van der Waals surface area contributed by atoms with Crippen molar-refractivity contribution in [1.29, 1.82) is 0 Å². The van der Waals surface area contributed by atoms with Gasteiger partial charge in [-0.05, 0) is 6.42 Å². The van der Waals surface area contributed by atoms with E-state index in [1.165, 1.54) is 0 Å². The maximum atomic E-state index is 11.2. The molecule has 0 radical (unpaired) electrons. The summed E-state index contributed by atoms with van der Waals surface area (Å²) in [5, 5.41) is 8.70. The molecule has 1 rings (SSSR count). The summed E-state index contributed by atoms with van der Waals surface area (Å²) < 4.78 is 0. The smallest absolute Gasteiger partial charge is 0.333 e. The van der Waals surface area contributed by atoms with Gasteiger partial charge in [-0.3, -0.25) is 4.79 Å². The number of aliphatic carboxylic acids is 1. The van der Waals surface area contributed by atoms with Crippen molar-refractivity contribution in [2.75, 3.05) is 13.1 Å². The molecule has 72 valence electrons. The molecule has 1 aliphatic heterocycles. The van der Waals surface area contributed by atoms with Gasteiger partial charge in [-0.15, -0.1) is 0 Å². The zero-order valence-electron chi connectivity index (χ0n) is 7.62. The maximum absolute atomic E-state index is 11.2. The van der Waals surface area contributed by atoms with Crippen LogP contribution >= 0.6 is 0 Å². The fraction of sp³-hybridized carbons (Fsp3) is 0.556. The highest BCUT2D eigenvalue weighted by atomic mass is 16.4. The predicted molar refractivity (Wildman–Crippen MR) is 47.2 cm³/mol. The third kappa shape index (κ3) is 2.31. The van der Waals surface area contributed by atoms with E-state index in [4.69, 9.17) is 5.11 Å². The second kappa shape index (κ2) is 4.07. The monoisotopic (exact) mass is 183 g/mol. The molecule has 0 unspecified atom stereocenters. The van der Waals surface area contributed by atoms with Crippen LogP contribution in [0.3, 0.4) is 0 Å². The Hall–Kier alpha value is -1.32. The Kier molecular flexibility index (Phi) is 3.06. The van der Waals surface area contributed by atoms with Gasteiger partial charge in [0.15, 0.2) is 0 Å². The van der Waals surface area contributed by atoms with Crippen molar-refractivity contribution in [3.05, 3.63) is 11.6 Å². The molecule has 1 aliphatic rings. The zero-order chi connectivity index (χ0) is 9.84. The molecule has 0 aromatic heterocycles. The molecule has 0 bridgehead atoms. The van der Waals surface area contributed by atoms with Crippen LogP contribution in [-0.4, -0.2) is 35.0 Å². The SMILES string of the molecule is CCC(=O)N1CCC=C(C(=O)O)C1. The predicted octanol–water partition coefficient (Wildman–Crippen LogP) is 0.640. The Labute approximate surface area is 76.8 Å². The number of hydrogen-bond acceptors (Lipinski definition) is 2. The minimum absolute atomic E-state index is 0.0202. The Morgan fingerprint density at radius 1 is 1.62 bits per heavy atom. The van der Waals surface area contributed by atoms with E-state index in [1.54, 1.807) is 17.9 Å². The van der Waals surface area contributed by atoms with Crippen LogP contribution in [0.1, 0.15) is 19.8 Å². The van der Waals surface area contributed by atoms with Gasteiger partial charge in [0.2, 0.25) is 5.91 Å². The number of rotatable bonds is 2. The molecule has 1 amide bonds. The van der Waals surface area contributed by atoms with Crippen molar-refractivity contribution < 1.29 is 14.7 Å². The Bertz CT molecular complexity index is 258. The molecule has 1 heterocycles. The van der Waals surface area contributed by atoms with E-state index >= 15 is 0 Å². The molecule has 13 heavy (non-hydrogen) atoms. The van der Waals surface area contributed by atoms with Gasteiger partial charge >= 0.3 is 5.97 Å². The van der Waals surface area contributed by atoms with E-state index in [0.29, 0.717) is 25.0 Å². The van der Waals surface area contributed by atoms with Crippen molar-refractivity contribution in [2.24, 2.45) is 0 Å². The van der Waals surface area contributed by atoms with Crippen molar-refractivity contribution in [1.82, 2.24) is 4.90 Å². The Balaban J connectivity index is 2.62. The van der Waals surface area contributed by atoms with Crippen LogP contribution in [0, 0.1) is 0 Å². The van der Waals surface area contributed by atoms with Crippen LogP contribution in [0.15, 0.2) is 11.6 Å². The topological polar surface area (TPSA) is 57.6 Å². The van der Waals surface area contributed by atoms with E-state index in [0.717, 1.165) is 0 Å². The van der Waals surface area contributed by atoms with E-state index < -0.39 is 5.97 Å². The highest BCUT2D eigenvalue weighted by Gasteiger charge is 2.19. The van der Waals surface area contributed by atoms with Gasteiger partial charge in [-0.1, -0.05) is 13.0 Å². The summed E-state index contributed by atoms with van der Waals surface area (Å²) in [7, 11) is 0. The first kappa shape index (κ1) is 9.77. The molecular formula is C9H13NO3. The van der Waals surface area contributed by atoms with Crippen LogP contribution in [0.2, 0.25) is 0 Å². The first-order valence-electron chi connectivity index (χ1n) is 4.35. The first-order chi connectivity index (χ1) is 6.15. The summed E-state index contributed by atoms with van der Waals surface area (Å²) in [6, 6.07) is 0. The second-order valence-electron chi connectivity index (χ2n) is 2.99. The fourth-order valence-corrected chi connectivity index (χ4v) is 1.34. The van der Waals surface area contributed by atoms with E-state index in [-0.39, 0.29) is 12.5 Å². The van der Waals surface area contributed by atoms with E-state index in [2.05, 4.69) is 0 Å². The molecule has 1 N–H and O–H groups in total. The normalized spacial score (nSPS) is 16.7. The number of carboxylic acid groups (broad SMARTS) is 1. The number of hydrogen-bond donors (Lipinski definition) is 1. The number of amides is 1. The third-order valence-electron chi connectivity index (χ3n) is 2.08. The summed E-state index contributed by atoms with van der Waals surface area (Å²) in [6.07, 6.45) is 2.77. The molecular weight excluding hydrogens is 170 g/mol. The first-order valence-corrected chi connectivity index (χ1v) is 4.35. The molecule has 0 atom stereocenters. The standard InChI is InChI=1S/C9H13NO3/c1-2-8(11)10-5-3-4-7(6-10)9(12)13/h4H,2-3,5-6H2,1H3,(H,12,13). The van der Waals surface area contributed by atoms with Crippen LogP contribution in [0.4, 0.5) is 0 Å². The number of carbonyl (C=O) groups is 2. The molecule has 4 heteroatoms. The summed E-state index contributed by atoms with van der Waals surface area (Å²) in [4.78, 5) is 23.4. The highest BCUT2D eigenvalue weighted by molar-refractivity contribution is 5.88. The fourth-order valence-electron chi connectivity index (χ4n) is 1.34. The van der Waals surface area contributed by atoms with Crippen LogP contribution < -0.4 is 0 Å². The molecule has 0 fully saturated rings. The van der Waals surface area contributed by atoms with Crippen molar-refractivity contribution >= 4 is 11.9 Å². The molecule has 0 aromatic carbocycles. The summed E-state index contributed by atoms with van der Waals surface area (Å²) in [5.41, 5.74) is 0.327. The maximum Gasteiger partial charge on any atom is 0.333 e. The average Bonchev–Trinajstić information content (AvgIpc) is 2.17. The van der Waals surface area contributed by atoms with Crippen molar-refractivity contribution in [3.63, 3.8) is 0 Å². The molecule has 0 aromatic rings. The number of carboxylic acids is 1. The van der Waals surface area contributed by atoms with Crippen molar-refractivity contribution in [2.45, 2.75) is 19.8 Å². The summed E-state index contributed by atoms with van der Waals surface area (Å²) >= 11 is 0. The van der Waals surface area contributed by atoms with Gasteiger partial charge in [0.1, 0.15) is 0 Å². The zero-order valence-corrected chi connectivity index (χ0v) is 7.62. The Morgan fingerprint density at radius 2 is 2.31 bits per heavy atom. The molecule has 0 saturated carbocycles. The molecule has 0 spiro atoms. The highest BCUT2D eigenvalue weighted by Crippen LogP contribution is 2.10. The Morgan fingerprint density at radius 3 is 2.85 bits per heavy atom. The molecule has 4 nitrogen and oxygen atoms in total.